The van der Waals surface area contributed by atoms with Crippen molar-refractivity contribution in [3.05, 3.63) is 16.4 Å². The molecule has 1 fully saturated rings. The molecule has 0 spiro atoms. The number of amides is 1. The summed E-state index contributed by atoms with van der Waals surface area (Å²) in [6, 6.07) is 0. The van der Waals surface area contributed by atoms with Crippen molar-refractivity contribution in [3.63, 3.8) is 0 Å². The van der Waals surface area contributed by atoms with E-state index in [1.54, 1.807) is 7.11 Å². The number of ether oxygens (including phenoxy) is 1. The summed E-state index contributed by atoms with van der Waals surface area (Å²) >= 11 is 1.53. The third-order valence-corrected chi connectivity index (χ3v) is 4.20. The SMILES string of the molecule is COCc1nn2c(CN3CCCC3=O)c(C)nc2s1. The van der Waals surface area contributed by atoms with Crippen molar-refractivity contribution in [3.8, 4) is 0 Å². The van der Waals surface area contributed by atoms with Crippen LogP contribution >= 0.6 is 11.3 Å². The summed E-state index contributed by atoms with van der Waals surface area (Å²) in [5, 5.41) is 5.40. The monoisotopic (exact) mass is 280 g/mol. The first-order valence-electron chi connectivity index (χ1n) is 6.29. The summed E-state index contributed by atoms with van der Waals surface area (Å²) in [4.78, 5) is 19.0. The Morgan fingerprint density at radius 1 is 1.47 bits per heavy atom. The summed E-state index contributed by atoms with van der Waals surface area (Å²) in [6.07, 6.45) is 1.61. The number of fused-ring (bicyclic) bond motifs is 1. The maximum atomic E-state index is 11.7. The lowest BCUT2D eigenvalue weighted by Gasteiger charge is -2.14. The second-order valence-corrected chi connectivity index (χ2v) is 5.73. The van der Waals surface area contributed by atoms with Crippen LogP contribution in [0.25, 0.3) is 4.96 Å². The van der Waals surface area contributed by atoms with Gasteiger partial charge in [-0.2, -0.15) is 5.10 Å². The van der Waals surface area contributed by atoms with Crippen molar-refractivity contribution in [2.45, 2.75) is 32.9 Å². The molecule has 2 aromatic rings. The number of imidazole rings is 1. The lowest BCUT2D eigenvalue weighted by atomic mass is 10.3. The predicted molar refractivity (Wildman–Crippen MR) is 71.0 cm³/mol. The van der Waals surface area contributed by atoms with Crippen molar-refractivity contribution in [1.82, 2.24) is 19.5 Å². The molecule has 0 saturated carbocycles. The maximum absolute atomic E-state index is 11.7. The van der Waals surface area contributed by atoms with Crippen molar-refractivity contribution in [2.24, 2.45) is 0 Å². The highest BCUT2D eigenvalue weighted by Crippen LogP contribution is 2.22. The molecule has 0 aliphatic carbocycles. The molecule has 1 saturated heterocycles. The van der Waals surface area contributed by atoms with Crippen LogP contribution in [0.2, 0.25) is 0 Å². The molecule has 1 aliphatic heterocycles. The average molecular weight is 280 g/mol. The van der Waals surface area contributed by atoms with Gasteiger partial charge >= 0.3 is 0 Å². The minimum atomic E-state index is 0.224. The molecule has 2 aromatic heterocycles. The van der Waals surface area contributed by atoms with Gasteiger partial charge in [0.15, 0.2) is 0 Å². The fourth-order valence-electron chi connectivity index (χ4n) is 2.35. The normalized spacial score (nSPS) is 15.9. The van der Waals surface area contributed by atoms with Crippen molar-refractivity contribution < 1.29 is 9.53 Å². The molecule has 19 heavy (non-hydrogen) atoms. The first kappa shape index (κ1) is 12.6. The van der Waals surface area contributed by atoms with Gasteiger partial charge in [-0.3, -0.25) is 4.79 Å². The van der Waals surface area contributed by atoms with Crippen LogP contribution in [0, 0.1) is 6.92 Å². The van der Waals surface area contributed by atoms with Crippen LogP contribution in [-0.2, 0) is 22.7 Å². The van der Waals surface area contributed by atoms with E-state index in [9.17, 15) is 4.79 Å². The standard InChI is InChI=1S/C12H16N4O2S/c1-8-9(6-15-5-3-4-11(15)17)16-12(13-8)19-10(14-16)7-18-2/h3-7H2,1-2H3. The van der Waals surface area contributed by atoms with Gasteiger partial charge in [-0.1, -0.05) is 11.3 Å². The Labute approximate surface area is 115 Å². The number of carbonyl (C=O) groups is 1. The van der Waals surface area contributed by atoms with Gasteiger partial charge in [-0.15, -0.1) is 0 Å². The molecule has 7 heteroatoms. The molecule has 0 aromatic carbocycles. The highest BCUT2D eigenvalue weighted by atomic mass is 32.1. The van der Waals surface area contributed by atoms with E-state index in [0.717, 1.165) is 34.3 Å². The van der Waals surface area contributed by atoms with E-state index in [-0.39, 0.29) is 5.91 Å². The number of hydrogen-bond donors (Lipinski definition) is 0. The fraction of sp³-hybridized carbons (Fsp3) is 0.583. The van der Waals surface area contributed by atoms with Gasteiger partial charge < -0.3 is 9.64 Å². The van der Waals surface area contributed by atoms with Gasteiger partial charge in [-0.25, -0.2) is 9.50 Å². The van der Waals surface area contributed by atoms with Crippen LogP contribution in [0.4, 0.5) is 0 Å². The van der Waals surface area contributed by atoms with E-state index in [1.807, 2.05) is 16.3 Å². The predicted octanol–water partition coefficient (Wildman–Crippen LogP) is 1.37. The van der Waals surface area contributed by atoms with Gasteiger partial charge in [0, 0.05) is 20.1 Å². The number of hydrogen-bond acceptors (Lipinski definition) is 5. The number of methoxy groups -OCH3 is 1. The average Bonchev–Trinajstić information content (AvgIpc) is 3.00. The van der Waals surface area contributed by atoms with Gasteiger partial charge in [0.2, 0.25) is 10.9 Å². The molecule has 0 radical (unpaired) electrons. The Balaban J connectivity index is 1.92. The van der Waals surface area contributed by atoms with E-state index in [2.05, 4.69) is 10.1 Å². The third-order valence-electron chi connectivity index (χ3n) is 3.32. The smallest absolute Gasteiger partial charge is 0.222 e. The zero-order chi connectivity index (χ0) is 13.4. The molecule has 0 bridgehead atoms. The third kappa shape index (κ3) is 2.23. The van der Waals surface area contributed by atoms with E-state index in [4.69, 9.17) is 4.74 Å². The summed E-state index contributed by atoms with van der Waals surface area (Å²) in [7, 11) is 1.65. The lowest BCUT2D eigenvalue weighted by Crippen LogP contribution is -2.25. The molecular weight excluding hydrogens is 264 g/mol. The second-order valence-electron chi connectivity index (χ2n) is 4.69. The first-order chi connectivity index (χ1) is 9.19. The molecule has 0 unspecified atom stereocenters. The minimum absolute atomic E-state index is 0.224. The quantitative estimate of drug-likeness (QED) is 0.848. The largest absolute Gasteiger partial charge is 0.377 e. The van der Waals surface area contributed by atoms with Gasteiger partial charge in [0.1, 0.15) is 5.01 Å². The van der Waals surface area contributed by atoms with Crippen LogP contribution < -0.4 is 0 Å². The minimum Gasteiger partial charge on any atom is -0.377 e. The van der Waals surface area contributed by atoms with Gasteiger partial charge in [-0.05, 0) is 13.3 Å². The van der Waals surface area contributed by atoms with Gasteiger partial charge in [0.05, 0.1) is 24.5 Å². The van der Waals surface area contributed by atoms with Gasteiger partial charge in [0.25, 0.3) is 0 Å². The first-order valence-corrected chi connectivity index (χ1v) is 7.11. The Hall–Kier alpha value is -1.47. The van der Waals surface area contributed by atoms with E-state index >= 15 is 0 Å². The van der Waals surface area contributed by atoms with Crippen LogP contribution in [0.3, 0.4) is 0 Å². The summed E-state index contributed by atoms with van der Waals surface area (Å²) < 4.78 is 6.94. The number of rotatable bonds is 4. The van der Waals surface area contributed by atoms with Crippen LogP contribution in [0.1, 0.15) is 29.2 Å². The highest BCUT2D eigenvalue weighted by Gasteiger charge is 2.23. The summed E-state index contributed by atoms with van der Waals surface area (Å²) in [5.74, 6) is 0.224. The number of likely N-dealkylation sites (tertiary alicyclic amines) is 1. The molecule has 1 amide bonds. The molecule has 0 atom stereocenters. The number of carbonyl (C=O) groups excluding carboxylic acids is 1. The summed E-state index contributed by atoms with van der Waals surface area (Å²) in [5.41, 5.74) is 1.95. The molecule has 3 rings (SSSR count). The van der Waals surface area contributed by atoms with Crippen LogP contribution in [-0.4, -0.2) is 39.1 Å². The zero-order valence-electron chi connectivity index (χ0n) is 11.0. The zero-order valence-corrected chi connectivity index (χ0v) is 11.9. The molecular formula is C12H16N4O2S. The maximum Gasteiger partial charge on any atom is 0.222 e. The molecule has 0 N–H and O–H groups in total. The van der Waals surface area contributed by atoms with Crippen LogP contribution in [0.15, 0.2) is 0 Å². The van der Waals surface area contributed by atoms with E-state index in [1.165, 1.54) is 11.3 Å². The fourth-order valence-corrected chi connectivity index (χ4v) is 3.28. The van der Waals surface area contributed by atoms with E-state index in [0.29, 0.717) is 19.6 Å². The Morgan fingerprint density at radius 3 is 3.00 bits per heavy atom. The number of nitrogens with zero attached hydrogens (tertiary/aromatic N) is 4. The second kappa shape index (κ2) is 4.90. The molecule has 1 aliphatic rings. The Morgan fingerprint density at radius 2 is 2.32 bits per heavy atom. The Bertz CT molecular complexity index is 619. The molecule has 102 valence electrons. The van der Waals surface area contributed by atoms with Crippen LogP contribution in [0.5, 0.6) is 0 Å². The topological polar surface area (TPSA) is 59.7 Å². The van der Waals surface area contributed by atoms with E-state index < -0.39 is 0 Å². The number of aryl methyl sites for hydroxylation is 1. The number of aromatic nitrogens is 3. The lowest BCUT2D eigenvalue weighted by molar-refractivity contribution is -0.128. The van der Waals surface area contributed by atoms with Crippen molar-refractivity contribution in [1.29, 1.82) is 0 Å². The van der Waals surface area contributed by atoms with Crippen molar-refractivity contribution in [2.75, 3.05) is 13.7 Å². The molecule has 3 heterocycles. The molecule has 6 nitrogen and oxygen atoms in total. The van der Waals surface area contributed by atoms with Crippen molar-refractivity contribution >= 4 is 22.2 Å². The summed E-state index contributed by atoms with van der Waals surface area (Å²) in [6.45, 7) is 3.89. The Kier molecular flexibility index (Phi) is 3.24. The highest BCUT2D eigenvalue weighted by molar-refractivity contribution is 7.16.